The average molecular weight is 553 g/mol. The summed E-state index contributed by atoms with van der Waals surface area (Å²) in [4.78, 5) is 18.9. The highest BCUT2D eigenvalue weighted by molar-refractivity contribution is 14.1. The summed E-state index contributed by atoms with van der Waals surface area (Å²) in [5, 5.41) is 4.39. The van der Waals surface area contributed by atoms with E-state index < -0.39 is 5.41 Å². The van der Waals surface area contributed by atoms with Gasteiger partial charge in [0.2, 0.25) is 0 Å². The summed E-state index contributed by atoms with van der Waals surface area (Å²) in [6.45, 7) is 2.17. The van der Waals surface area contributed by atoms with Crippen LogP contribution in [0.4, 0.5) is 0 Å². The summed E-state index contributed by atoms with van der Waals surface area (Å²) < 4.78 is 6.40. The molecule has 170 valence electrons. The minimum Gasteiger partial charge on any atom is -0.468 e. The van der Waals surface area contributed by atoms with Crippen molar-refractivity contribution in [3.05, 3.63) is 111 Å². The third kappa shape index (κ3) is 6.78. The number of hydrogen-bond acceptors (Lipinski definition) is 4. The Hall–Kier alpha value is -2.93. The number of halogens is 1. The zero-order chi connectivity index (χ0) is 23.5. The molecule has 33 heavy (non-hydrogen) atoms. The van der Waals surface area contributed by atoms with E-state index in [1.807, 2.05) is 104 Å². The largest absolute Gasteiger partial charge is 0.468 e. The first-order valence-corrected chi connectivity index (χ1v) is 11.9. The van der Waals surface area contributed by atoms with E-state index in [0.717, 1.165) is 20.3 Å². The molecule has 5 heteroatoms. The molecule has 0 saturated carbocycles. The van der Waals surface area contributed by atoms with Gasteiger partial charge in [-0.15, -0.1) is 0 Å². The molecule has 0 heterocycles. The summed E-state index contributed by atoms with van der Waals surface area (Å²) in [7, 11) is 1.42. The Kier molecular flexibility index (Phi) is 9.24. The highest BCUT2D eigenvalue weighted by atomic mass is 127. The van der Waals surface area contributed by atoms with Crippen molar-refractivity contribution in [2.24, 2.45) is 10.6 Å². The van der Waals surface area contributed by atoms with Crippen LogP contribution in [0.1, 0.15) is 30.0 Å². The fraction of sp³-hybridized carbons (Fsp3) is 0.214. The van der Waals surface area contributed by atoms with Crippen LogP contribution in [-0.4, -0.2) is 18.8 Å². The van der Waals surface area contributed by atoms with Gasteiger partial charge in [0.05, 0.1) is 12.8 Å². The number of allylic oxidation sites excluding steroid dienone is 1. The van der Waals surface area contributed by atoms with Crippen molar-refractivity contribution >= 4 is 40.3 Å². The number of methoxy groups -OCH3 is 1. The van der Waals surface area contributed by atoms with Crippen molar-refractivity contribution < 1.29 is 14.4 Å². The number of hydrogen-bond donors (Lipinski definition) is 0. The normalized spacial score (nSPS) is 13.5. The van der Waals surface area contributed by atoms with Gasteiger partial charge in [-0.05, 0) is 65.1 Å². The topological polar surface area (TPSA) is 47.9 Å². The molecule has 0 saturated heterocycles. The van der Waals surface area contributed by atoms with E-state index in [-0.39, 0.29) is 5.97 Å². The van der Waals surface area contributed by atoms with Gasteiger partial charge in [-0.3, -0.25) is 4.79 Å². The minimum atomic E-state index is -0.988. The molecule has 0 aliphatic carbocycles. The lowest BCUT2D eigenvalue weighted by atomic mass is 9.74. The molecule has 1 atom stereocenters. The smallest absolute Gasteiger partial charge is 0.318 e. The molecule has 3 rings (SSSR count). The van der Waals surface area contributed by atoms with E-state index in [4.69, 9.17) is 9.57 Å². The Bertz CT molecular complexity index is 1100. The highest BCUT2D eigenvalue weighted by Crippen LogP contribution is 2.34. The lowest BCUT2D eigenvalue weighted by molar-refractivity contribution is -0.148. The van der Waals surface area contributed by atoms with Crippen molar-refractivity contribution in [2.45, 2.75) is 26.4 Å². The van der Waals surface area contributed by atoms with Crippen molar-refractivity contribution in [2.75, 3.05) is 7.11 Å². The summed E-state index contributed by atoms with van der Waals surface area (Å²) in [5.41, 5.74) is 2.74. The number of rotatable bonds is 10. The number of nitrogens with zero attached hydrogens (tertiary/aromatic N) is 1. The molecule has 0 amide bonds. The van der Waals surface area contributed by atoms with Gasteiger partial charge in [0, 0.05) is 3.57 Å². The number of carbonyl (C=O) groups excluding carboxylic acids is 1. The minimum absolute atomic E-state index is 0.329. The molecular formula is C28H28INO3. The number of oxime groups is 1. The van der Waals surface area contributed by atoms with E-state index in [1.165, 1.54) is 7.11 Å². The van der Waals surface area contributed by atoms with Crippen LogP contribution in [0.15, 0.2) is 96.2 Å². The molecule has 0 aliphatic rings. The third-order valence-electron chi connectivity index (χ3n) is 5.57. The second-order valence-corrected chi connectivity index (χ2v) is 8.96. The summed E-state index contributed by atoms with van der Waals surface area (Å²) in [5.74, 6) is -0.329. The Morgan fingerprint density at radius 1 is 0.970 bits per heavy atom. The van der Waals surface area contributed by atoms with Crippen LogP contribution in [0.2, 0.25) is 0 Å². The molecule has 0 bridgehead atoms. The standard InChI is InChI=1S/C28H28INO3/c1-22(30-33-21-24-14-7-4-8-15-24)28(27(31)32-2,20-25-17-9-10-18-26(25)29)19-11-16-23-12-5-3-6-13-23/h3-18H,19-21H2,1-2H3/b16-11+,30-22+. The Labute approximate surface area is 209 Å². The van der Waals surface area contributed by atoms with Crippen molar-refractivity contribution in [1.29, 1.82) is 0 Å². The fourth-order valence-electron chi connectivity index (χ4n) is 3.64. The Balaban J connectivity index is 1.93. The lowest BCUT2D eigenvalue weighted by Crippen LogP contribution is -2.41. The number of benzene rings is 3. The first-order valence-electron chi connectivity index (χ1n) is 10.8. The Morgan fingerprint density at radius 2 is 1.61 bits per heavy atom. The quantitative estimate of drug-likeness (QED) is 0.122. The van der Waals surface area contributed by atoms with E-state index in [9.17, 15) is 4.79 Å². The van der Waals surface area contributed by atoms with Crippen LogP contribution in [0.25, 0.3) is 6.08 Å². The predicted octanol–water partition coefficient (Wildman–Crippen LogP) is 6.69. The summed E-state index contributed by atoms with van der Waals surface area (Å²) in [6.07, 6.45) is 4.93. The fourth-order valence-corrected chi connectivity index (χ4v) is 4.22. The zero-order valence-corrected chi connectivity index (χ0v) is 21.1. The van der Waals surface area contributed by atoms with Crippen LogP contribution < -0.4 is 0 Å². The summed E-state index contributed by atoms with van der Waals surface area (Å²) >= 11 is 2.30. The second-order valence-electron chi connectivity index (χ2n) is 7.79. The maximum absolute atomic E-state index is 13.3. The monoisotopic (exact) mass is 553 g/mol. The van der Waals surface area contributed by atoms with Gasteiger partial charge in [-0.25, -0.2) is 0 Å². The van der Waals surface area contributed by atoms with Crippen LogP contribution in [-0.2, 0) is 27.4 Å². The Morgan fingerprint density at radius 3 is 2.27 bits per heavy atom. The highest BCUT2D eigenvalue weighted by Gasteiger charge is 2.43. The maximum atomic E-state index is 13.3. The van der Waals surface area contributed by atoms with E-state index in [2.05, 4.69) is 27.7 Å². The molecule has 0 N–H and O–H groups in total. The van der Waals surface area contributed by atoms with Gasteiger partial charge in [-0.1, -0.05) is 96.2 Å². The van der Waals surface area contributed by atoms with Crippen LogP contribution in [0.3, 0.4) is 0 Å². The van der Waals surface area contributed by atoms with E-state index in [1.54, 1.807) is 0 Å². The molecule has 0 radical (unpaired) electrons. The molecule has 1 unspecified atom stereocenters. The van der Waals surface area contributed by atoms with Crippen LogP contribution in [0.5, 0.6) is 0 Å². The molecule has 3 aromatic rings. The van der Waals surface area contributed by atoms with Crippen molar-refractivity contribution in [3.8, 4) is 0 Å². The first kappa shape index (κ1) is 24.7. The summed E-state index contributed by atoms with van der Waals surface area (Å²) in [6, 6.07) is 27.9. The third-order valence-corrected chi connectivity index (χ3v) is 6.62. The molecule has 3 aromatic carbocycles. The molecule has 0 aromatic heterocycles. The molecule has 4 nitrogen and oxygen atoms in total. The predicted molar refractivity (Wildman–Crippen MR) is 142 cm³/mol. The molecule has 0 aliphatic heterocycles. The molecule has 0 spiro atoms. The molecular weight excluding hydrogens is 525 g/mol. The SMILES string of the molecule is COC(=O)C(C/C=C/c1ccccc1)(Cc1ccccc1I)/C(C)=N/OCc1ccccc1. The van der Waals surface area contributed by atoms with Crippen molar-refractivity contribution in [3.63, 3.8) is 0 Å². The second kappa shape index (κ2) is 12.3. The van der Waals surface area contributed by atoms with Crippen LogP contribution >= 0.6 is 22.6 Å². The van der Waals surface area contributed by atoms with Gasteiger partial charge < -0.3 is 9.57 Å². The molecule has 0 fully saturated rings. The maximum Gasteiger partial charge on any atom is 0.318 e. The number of esters is 1. The first-order chi connectivity index (χ1) is 16.0. The van der Waals surface area contributed by atoms with Gasteiger partial charge >= 0.3 is 5.97 Å². The van der Waals surface area contributed by atoms with Crippen molar-refractivity contribution in [1.82, 2.24) is 0 Å². The number of carbonyl (C=O) groups is 1. The van der Waals surface area contributed by atoms with Gasteiger partial charge in [0.1, 0.15) is 12.0 Å². The van der Waals surface area contributed by atoms with Gasteiger partial charge in [-0.2, -0.15) is 0 Å². The zero-order valence-electron chi connectivity index (χ0n) is 18.9. The van der Waals surface area contributed by atoms with E-state index >= 15 is 0 Å². The van der Waals surface area contributed by atoms with Gasteiger partial charge in [0.15, 0.2) is 0 Å². The van der Waals surface area contributed by atoms with Gasteiger partial charge in [0.25, 0.3) is 0 Å². The average Bonchev–Trinajstić information content (AvgIpc) is 2.85. The lowest BCUT2D eigenvalue weighted by Gasteiger charge is -2.30. The van der Waals surface area contributed by atoms with E-state index in [0.29, 0.717) is 25.2 Å². The number of ether oxygens (including phenoxy) is 1. The van der Waals surface area contributed by atoms with Crippen LogP contribution in [0, 0.1) is 8.99 Å².